The molecular weight excluding hydrogens is 458 g/mol. The number of hydrogen-bond donors (Lipinski definition) is 0. The molecule has 3 heterocycles. The van der Waals surface area contributed by atoms with Crippen LogP contribution >= 0.6 is 0 Å². The number of esters is 1. The van der Waals surface area contributed by atoms with Crippen molar-refractivity contribution in [2.45, 2.75) is 13.0 Å². The van der Waals surface area contributed by atoms with Gasteiger partial charge in [0.25, 0.3) is 0 Å². The van der Waals surface area contributed by atoms with Crippen LogP contribution in [0.1, 0.15) is 11.1 Å². The lowest BCUT2D eigenvalue weighted by Gasteiger charge is -2.17. The van der Waals surface area contributed by atoms with Gasteiger partial charge in [-0.1, -0.05) is 12.1 Å². The van der Waals surface area contributed by atoms with E-state index in [1.807, 2.05) is 48.7 Å². The molecule has 0 fully saturated rings. The summed E-state index contributed by atoms with van der Waals surface area (Å²) >= 11 is 0. The second kappa shape index (κ2) is 8.92. The van der Waals surface area contributed by atoms with Crippen LogP contribution in [0.4, 0.5) is 0 Å². The van der Waals surface area contributed by atoms with Gasteiger partial charge in [0.15, 0.2) is 35.7 Å². The van der Waals surface area contributed by atoms with Gasteiger partial charge in [-0.05, 0) is 59.0 Å². The number of carbonyl (C=O) groups excluding carboxylic acids is 1. The molecule has 4 aromatic rings. The molecule has 0 saturated heterocycles. The van der Waals surface area contributed by atoms with Gasteiger partial charge in [0.2, 0.25) is 12.5 Å². The highest BCUT2D eigenvalue weighted by molar-refractivity contribution is 5.96. The Kier molecular flexibility index (Phi) is 5.45. The summed E-state index contributed by atoms with van der Waals surface area (Å²) in [6.45, 7) is 1.04. The molecule has 0 bridgehead atoms. The van der Waals surface area contributed by atoms with E-state index < -0.39 is 5.97 Å². The molecule has 2 aliphatic heterocycles. The molecule has 36 heavy (non-hydrogen) atoms. The van der Waals surface area contributed by atoms with Crippen molar-refractivity contribution in [2.75, 3.05) is 21.0 Å². The highest BCUT2D eigenvalue weighted by atomic mass is 16.7. The maximum absolute atomic E-state index is 12.8. The van der Waals surface area contributed by atoms with E-state index in [9.17, 15) is 4.79 Å². The van der Waals surface area contributed by atoms with Gasteiger partial charge in [0.05, 0.1) is 25.2 Å². The van der Waals surface area contributed by atoms with Gasteiger partial charge in [-0.3, -0.25) is 0 Å². The van der Waals surface area contributed by atoms with E-state index in [4.69, 9.17) is 23.7 Å². The first-order valence-corrected chi connectivity index (χ1v) is 11.6. The van der Waals surface area contributed by atoms with Crippen molar-refractivity contribution < 1.29 is 33.0 Å². The summed E-state index contributed by atoms with van der Waals surface area (Å²) in [7, 11) is 3.17. The number of aryl methyl sites for hydroxylation is 2. The largest absolute Gasteiger partial charge is 0.497 e. The smallest absolute Gasteiger partial charge is 0.336 e. The second-order valence-electron chi connectivity index (χ2n) is 8.60. The molecule has 1 aromatic heterocycles. The molecule has 0 aliphatic carbocycles. The minimum atomic E-state index is -0.496. The lowest BCUT2D eigenvalue weighted by Crippen LogP contribution is -2.40. The van der Waals surface area contributed by atoms with Crippen LogP contribution < -0.4 is 28.3 Å². The Hall–Kier alpha value is -4.52. The fraction of sp³-hybridized carbons (Fsp3) is 0.172. The predicted molar refractivity (Wildman–Crippen MR) is 134 cm³/mol. The number of carbonyl (C=O) groups is 1. The van der Waals surface area contributed by atoms with Crippen molar-refractivity contribution >= 4 is 22.8 Å². The van der Waals surface area contributed by atoms with Crippen molar-refractivity contribution in [1.29, 1.82) is 0 Å². The number of methoxy groups -OCH3 is 2. The Bertz CT molecular complexity index is 1540. The zero-order chi connectivity index (χ0) is 24.6. The maximum Gasteiger partial charge on any atom is 0.336 e. The van der Waals surface area contributed by atoms with Crippen molar-refractivity contribution in [3.05, 3.63) is 78.0 Å². The highest BCUT2D eigenvalue weighted by Crippen LogP contribution is 2.41. The molecule has 0 amide bonds. The Labute approximate surface area is 208 Å². The SMILES string of the molecule is COc1cccc(/C=C/C(=O)Oc2c(OC)ccc3cc4[n+](cc23)CCc2cc3c(cc2-4)OCO3)c1. The van der Waals surface area contributed by atoms with Gasteiger partial charge in [-0.25, -0.2) is 4.79 Å². The number of aromatic nitrogens is 1. The highest BCUT2D eigenvalue weighted by Gasteiger charge is 2.29. The van der Waals surface area contributed by atoms with Gasteiger partial charge in [-0.2, -0.15) is 4.57 Å². The molecule has 180 valence electrons. The van der Waals surface area contributed by atoms with Crippen LogP contribution in [0.5, 0.6) is 28.7 Å². The zero-order valence-corrected chi connectivity index (χ0v) is 19.9. The second-order valence-corrected chi connectivity index (χ2v) is 8.60. The minimum absolute atomic E-state index is 0.247. The molecule has 0 N–H and O–H groups in total. The van der Waals surface area contributed by atoms with E-state index in [0.717, 1.165) is 52.1 Å². The van der Waals surface area contributed by atoms with E-state index in [-0.39, 0.29) is 6.79 Å². The normalized spacial score (nSPS) is 13.4. The quantitative estimate of drug-likeness (QED) is 0.178. The van der Waals surface area contributed by atoms with Crippen molar-refractivity contribution in [1.82, 2.24) is 0 Å². The average molecular weight is 483 g/mol. The topological polar surface area (TPSA) is 67.1 Å². The number of benzene rings is 3. The fourth-order valence-electron chi connectivity index (χ4n) is 4.71. The number of nitrogens with zero attached hydrogens (tertiary/aromatic N) is 1. The molecule has 7 heteroatoms. The third kappa shape index (κ3) is 3.88. The molecule has 0 unspecified atom stereocenters. The first-order valence-electron chi connectivity index (χ1n) is 11.6. The number of pyridine rings is 1. The van der Waals surface area contributed by atoms with Crippen LogP contribution in [0.15, 0.2) is 66.9 Å². The molecule has 0 saturated carbocycles. The Balaban J connectivity index is 1.36. The molecular formula is C29H24NO6+. The van der Waals surface area contributed by atoms with Crippen molar-refractivity contribution in [3.63, 3.8) is 0 Å². The molecule has 0 radical (unpaired) electrons. The van der Waals surface area contributed by atoms with Crippen LogP contribution in [0.3, 0.4) is 0 Å². The van der Waals surface area contributed by atoms with Crippen LogP contribution in [0, 0.1) is 0 Å². The lowest BCUT2D eigenvalue weighted by atomic mass is 9.95. The van der Waals surface area contributed by atoms with Crippen molar-refractivity contribution in [3.8, 4) is 40.0 Å². The Morgan fingerprint density at radius 1 is 1.00 bits per heavy atom. The summed E-state index contributed by atoms with van der Waals surface area (Å²) in [6.07, 6.45) is 5.98. The van der Waals surface area contributed by atoms with Crippen LogP contribution in [0.25, 0.3) is 28.1 Å². The molecule has 0 atom stereocenters. The Morgan fingerprint density at radius 2 is 1.86 bits per heavy atom. The van der Waals surface area contributed by atoms with Crippen molar-refractivity contribution in [2.24, 2.45) is 0 Å². The van der Waals surface area contributed by atoms with Crippen LogP contribution in [-0.2, 0) is 17.8 Å². The maximum atomic E-state index is 12.8. The summed E-state index contributed by atoms with van der Waals surface area (Å²) in [5.41, 5.74) is 4.24. The van der Waals surface area contributed by atoms with Gasteiger partial charge in [0.1, 0.15) is 5.75 Å². The first kappa shape index (κ1) is 22.0. The molecule has 7 nitrogen and oxygen atoms in total. The number of ether oxygens (including phenoxy) is 5. The van der Waals surface area contributed by atoms with E-state index in [1.54, 1.807) is 20.3 Å². The Morgan fingerprint density at radius 3 is 2.69 bits per heavy atom. The molecule has 6 rings (SSSR count). The van der Waals surface area contributed by atoms with Gasteiger partial charge < -0.3 is 23.7 Å². The lowest BCUT2D eigenvalue weighted by molar-refractivity contribution is -0.686. The minimum Gasteiger partial charge on any atom is -0.497 e. The summed E-state index contributed by atoms with van der Waals surface area (Å²) in [6, 6.07) is 17.5. The number of fused-ring (bicyclic) bond motifs is 5. The van der Waals surface area contributed by atoms with E-state index in [1.165, 1.54) is 11.6 Å². The zero-order valence-electron chi connectivity index (χ0n) is 19.9. The molecule has 3 aromatic carbocycles. The fourth-order valence-corrected chi connectivity index (χ4v) is 4.71. The third-order valence-electron chi connectivity index (χ3n) is 6.50. The monoisotopic (exact) mass is 482 g/mol. The summed E-state index contributed by atoms with van der Waals surface area (Å²) in [4.78, 5) is 12.8. The van der Waals surface area contributed by atoms with E-state index >= 15 is 0 Å². The van der Waals surface area contributed by atoms with Gasteiger partial charge in [-0.15, -0.1) is 0 Å². The first-order chi connectivity index (χ1) is 17.6. The van der Waals surface area contributed by atoms with E-state index in [2.05, 4.69) is 16.7 Å². The number of hydrogen-bond acceptors (Lipinski definition) is 6. The molecule has 2 aliphatic rings. The average Bonchev–Trinajstić information content (AvgIpc) is 3.37. The summed E-state index contributed by atoms with van der Waals surface area (Å²) in [5, 5.41) is 1.73. The van der Waals surface area contributed by atoms with E-state index in [0.29, 0.717) is 17.2 Å². The van der Waals surface area contributed by atoms with Gasteiger partial charge in [0, 0.05) is 18.6 Å². The predicted octanol–water partition coefficient (Wildman–Crippen LogP) is 4.72. The summed E-state index contributed by atoms with van der Waals surface area (Å²) < 4.78 is 29.9. The summed E-state index contributed by atoms with van der Waals surface area (Å²) in [5.74, 6) is 2.66. The van der Waals surface area contributed by atoms with Crippen LogP contribution in [-0.4, -0.2) is 27.0 Å². The van der Waals surface area contributed by atoms with Gasteiger partial charge >= 0.3 is 5.97 Å². The number of rotatable bonds is 5. The van der Waals surface area contributed by atoms with Crippen LogP contribution in [0.2, 0.25) is 0 Å². The third-order valence-corrected chi connectivity index (χ3v) is 6.50. The standard InChI is InChI=1S/C29H24NO6/c1-32-21-5-3-4-18(12-21)6-9-28(31)36-29-23-16-30-11-10-20-14-26-27(35-17-34-26)15-22(20)24(30)13-19(23)7-8-25(29)33-2/h3-9,12-16H,10-11,17H2,1-2H3/q+1/b9-6+. The molecule has 0 spiro atoms.